The van der Waals surface area contributed by atoms with Gasteiger partial charge in [-0.2, -0.15) is 0 Å². The molecular formula is C13H16N2O2. The Morgan fingerprint density at radius 3 is 2.88 bits per heavy atom. The Labute approximate surface area is 99.4 Å². The Balaban J connectivity index is 1.58. The number of hydrogen-bond acceptors (Lipinski definition) is 2. The van der Waals surface area contributed by atoms with Crippen molar-refractivity contribution in [2.24, 2.45) is 11.3 Å². The fourth-order valence-electron chi connectivity index (χ4n) is 2.36. The highest BCUT2D eigenvalue weighted by Crippen LogP contribution is 2.75. The van der Waals surface area contributed by atoms with E-state index in [-0.39, 0.29) is 22.8 Å². The summed E-state index contributed by atoms with van der Waals surface area (Å²) in [5.41, 5.74) is 0.811. The molecule has 2 aliphatic carbocycles. The molecule has 17 heavy (non-hydrogen) atoms. The second kappa shape index (κ2) is 3.45. The molecule has 1 heterocycles. The molecule has 0 spiro atoms. The number of rotatable bonds is 4. The second-order valence-electron chi connectivity index (χ2n) is 5.34. The van der Waals surface area contributed by atoms with E-state index in [2.05, 4.69) is 10.3 Å². The van der Waals surface area contributed by atoms with Gasteiger partial charge in [0.2, 0.25) is 11.5 Å². The highest BCUT2D eigenvalue weighted by atomic mass is 16.2. The van der Waals surface area contributed by atoms with Gasteiger partial charge in [0.1, 0.15) is 0 Å². The summed E-state index contributed by atoms with van der Waals surface area (Å²) in [6.07, 6.45) is 2.16. The van der Waals surface area contributed by atoms with E-state index < -0.39 is 0 Å². The van der Waals surface area contributed by atoms with Gasteiger partial charge in [0.05, 0.1) is 5.41 Å². The third kappa shape index (κ3) is 1.77. The van der Waals surface area contributed by atoms with E-state index in [1.165, 1.54) is 6.07 Å². The number of nitrogens with one attached hydrogen (secondary N) is 2. The number of pyridine rings is 1. The van der Waals surface area contributed by atoms with Crippen molar-refractivity contribution in [2.45, 2.75) is 25.7 Å². The van der Waals surface area contributed by atoms with Gasteiger partial charge in [-0.1, -0.05) is 13.0 Å². The molecule has 0 bridgehead atoms. The molecule has 4 nitrogen and oxygen atoms in total. The molecule has 2 fully saturated rings. The first kappa shape index (κ1) is 10.6. The molecule has 0 saturated heterocycles. The molecule has 3 rings (SSSR count). The van der Waals surface area contributed by atoms with E-state index in [4.69, 9.17) is 0 Å². The molecular weight excluding hydrogens is 216 g/mol. The van der Waals surface area contributed by atoms with Gasteiger partial charge >= 0.3 is 0 Å². The largest absolute Gasteiger partial charge is 0.355 e. The van der Waals surface area contributed by atoms with E-state index >= 15 is 0 Å². The van der Waals surface area contributed by atoms with Gasteiger partial charge in [-0.05, 0) is 24.8 Å². The first-order valence-corrected chi connectivity index (χ1v) is 6.09. The van der Waals surface area contributed by atoms with Crippen LogP contribution < -0.4 is 10.9 Å². The third-order valence-electron chi connectivity index (χ3n) is 4.03. The van der Waals surface area contributed by atoms with Crippen LogP contribution >= 0.6 is 0 Å². The number of carbonyl (C=O) groups is 1. The summed E-state index contributed by atoms with van der Waals surface area (Å²) in [6, 6.07) is 5.11. The molecule has 1 amide bonds. The minimum Gasteiger partial charge on any atom is -0.355 e. The number of H-pyrrole nitrogens is 1. The minimum absolute atomic E-state index is 0.0316. The molecule has 1 unspecified atom stereocenters. The van der Waals surface area contributed by atoms with Crippen LogP contribution in [0.4, 0.5) is 0 Å². The van der Waals surface area contributed by atoms with Crippen LogP contribution in [0, 0.1) is 11.3 Å². The molecule has 90 valence electrons. The van der Waals surface area contributed by atoms with Crippen molar-refractivity contribution in [1.29, 1.82) is 0 Å². The predicted molar refractivity (Wildman–Crippen MR) is 63.6 cm³/mol. The van der Waals surface area contributed by atoms with Gasteiger partial charge in [0.15, 0.2) is 0 Å². The summed E-state index contributed by atoms with van der Waals surface area (Å²) < 4.78 is 0. The lowest BCUT2D eigenvalue weighted by atomic mass is 10.1. The summed E-state index contributed by atoms with van der Waals surface area (Å²) in [5.74, 6) is 1.02. The zero-order valence-electron chi connectivity index (χ0n) is 9.82. The fraction of sp³-hybridized carbons (Fsp3) is 0.538. The molecule has 4 heteroatoms. The van der Waals surface area contributed by atoms with Crippen molar-refractivity contribution < 1.29 is 4.79 Å². The SMILES string of the molecule is CC(CNC(=O)C12CC1C2)c1cccc(=O)[nH]1. The quantitative estimate of drug-likeness (QED) is 0.813. The summed E-state index contributed by atoms with van der Waals surface area (Å²) in [6.45, 7) is 2.59. The van der Waals surface area contributed by atoms with Crippen molar-refractivity contribution in [3.05, 3.63) is 34.2 Å². The lowest BCUT2D eigenvalue weighted by Crippen LogP contribution is -2.31. The van der Waals surface area contributed by atoms with Crippen LogP contribution in [-0.2, 0) is 4.79 Å². The highest BCUT2D eigenvalue weighted by molar-refractivity contribution is 5.90. The topological polar surface area (TPSA) is 62.0 Å². The molecule has 2 N–H and O–H groups in total. The normalized spacial score (nSPS) is 30.3. The Hall–Kier alpha value is -1.58. The van der Waals surface area contributed by atoms with Gasteiger partial charge in [0.25, 0.3) is 0 Å². The first-order chi connectivity index (χ1) is 8.12. The van der Waals surface area contributed by atoms with Crippen LogP contribution in [0.1, 0.15) is 31.4 Å². The summed E-state index contributed by atoms with van der Waals surface area (Å²) in [4.78, 5) is 25.7. The number of aromatic nitrogens is 1. The number of aromatic amines is 1. The van der Waals surface area contributed by atoms with Gasteiger partial charge in [-0.15, -0.1) is 0 Å². The number of hydrogen-bond donors (Lipinski definition) is 2. The zero-order chi connectivity index (χ0) is 12.0. The maximum atomic E-state index is 11.8. The Morgan fingerprint density at radius 2 is 2.29 bits per heavy atom. The standard InChI is InChI=1S/C13H16N2O2/c1-8(10-3-2-4-11(16)15-10)7-14-12(17)13-5-9(13)6-13/h2-4,8-9H,5-7H2,1H3,(H,14,17)(H,15,16). The van der Waals surface area contributed by atoms with Gasteiger partial charge in [-0.3, -0.25) is 9.59 Å². The van der Waals surface area contributed by atoms with Crippen LogP contribution in [0.3, 0.4) is 0 Å². The fourth-order valence-corrected chi connectivity index (χ4v) is 2.36. The molecule has 1 aromatic rings. The molecule has 0 radical (unpaired) electrons. The number of fused-ring (bicyclic) bond motifs is 1. The van der Waals surface area contributed by atoms with E-state index in [0.29, 0.717) is 12.5 Å². The molecule has 0 aromatic carbocycles. The molecule has 2 saturated carbocycles. The van der Waals surface area contributed by atoms with Crippen molar-refractivity contribution in [3.63, 3.8) is 0 Å². The second-order valence-corrected chi connectivity index (χ2v) is 5.34. The maximum Gasteiger partial charge on any atom is 0.248 e. The number of carbonyl (C=O) groups excluding carboxylic acids is 1. The predicted octanol–water partition coefficient (Wildman–Crippen LogP) is 1.00. The van der Waals surface area contributed by atoms with Gasteiger partial charge in [0, 0.05) is 24.2 Å². The average molecular weight is 232 g/mol. The first-order valence-electron chi connectivity index (χ1n) is 6.09. The maximum absolute atomic E-state index is 11.8. The minimum atomic E-state index is -0.0938. The van der Waals surface area contributed by atoms with Crippen molar-refractivity contribution >= 4 is 5.91 Å². The van der Waals surface area contributed by atoms with Gasteiger partial charge in [-0.25, -0.2) is 0 Å². The van der Waals surface area contributed by atoms with E-state index in [1.54, 1.807) is 6.07 Å². The Bertz CT molecular complexity index is 514. The van der Waals surface area contributed by atoms with Crippen molar-refractivity contribution in [2.75, 3.05) is 6.54 Å². The van der Waals surface area contributed by atoms with E-state index in [0.717, 1.165) is 18.5 Å². The van der Waals surface area contributed by atoms with E-state index in [1.807, 2.05) is 13.0 Å². The van der Waals surface area contributed by atoms with Gasteiger partial charge < -0.3 is 10.3 Å². The van der Waals surface area contributed by atoms with E-state index in [9.17, 15) is 9.59 Å². The summed E-state index contributed by atoms with van der Waals surface area (Å²) in [7, 11) is 0. The van der Waals surface area contributed by atoms with Crippen molar-refractivity contribution in [3.8, 4) is 0 Å². The third-order valence-corrected chi connectivity index (χ3v) is 4.03. The molecule has 0 aliphatic heterocycles. The average Bonchev–Trinajstić information content (AvgIpc) is 3.13. The summed E-state index contributed by atoms with van der Waals surface area (Å²) in [5, 5.41) is 2.98. The lowest BCUT2D eigenvalue weighted by Gasteiger charge is -2.13. The lowest BCUT2D eigenvalue weighted by molar-refractivity contribution is -0.124. The summed E-state index contributed by atoms with van der Waals surface area (Å²) >= 11 is 0. The highest BCUT2D eigenvalue weighted by Gasteiger charge is 2.74. The Kier molecular flexibility index (Phi) is 2.15. The van der Waals surface area contributed by atoms with Crippen molar-refractivity contribution in [1.82, 2.24) is 10.3 Å². The van der Waals surface area contributed by atoms with Crippen LogP contribution in [0.2, 0.25) is 0 Å². The van der Waals surface area contributed by atoms with Crippen LogP contribution in [0.25, 0.3) is 0 Å². The molecule has 1 atom stereocenters. The smallest absolute Gasteiger partial charge is 0.248 e. The number of amides is 1. The molecule has 2 aliphatic rings. The monoisotopic (exact) mass is 232 g/mol. The van der Waals surface area contributed by atoms with Crippen LogP contribution in [0.15, 0.2) is 23.0 Å². The Morgan fingerprint density at radius 1 is 1.59 bits per heavy atom. The molecule has 1 aromatic heterocycles. The van der Waals surface area contributed by atoms with Crippen LogP contribution in [-0.4, -0.2) is 17.4 Å². The zero-order valence-corrected chi connectivity index (χ0v) is 9.82. The van der Waals surface area contributed by atoms with Crippen LogP contribution in [0.5, 0.6) is 0 Å².